The minimum Gasteiger partial charge on any atom is -0.489 e. The molecular formula is C26H19ClN2O3S. The van der Waals surface area contributed by atoms with Gasteiger partial charge in [0.1, 0.15) is 17.9 Å². The first kappa shape index (κ1) is 21.2. The molecule has 5 aromatic rings. The molecule has 0 aliphatic rings. The van der Waals surface area contributed by atoms with Crippen LogP contribution in [0.5, 0.6) is 5.75 Å². The second kappa shape index (κ2) is 9.48. The zero-order valence-corrected chi connectivity index (χ0v) is 19.0. The van der Waals surface area contributed by atoms with Crippen LogP contribution in [-0.4, -0.2) is 10.9 Å². The Balaban J connectivity index is 1.35. The topological polar surface area (TPSA) is 64.4 Å². The summed E-state index contributed by atoms with van der Waals surface area (Å²) in [7, 11) is 0. The maximum absolute atomic E-state index is 13.1. The van der Waals surface area contributed by atoms with Crippen molar-refractivity contribution in [3.05, 3.63) is 112 Å². The van der Waals surface area contributed by atoms with E-state index < -0.39 is 0 Å². The van der Waals surface area contributed by atoms with Crippen molar-refractivity contribution in [2.75, 3.05) is 5.32 Å². The maximum Gasteiger partial charge on any atom is 0.293 e. The number of ether oxygens (including phenoxy) is 1. The Morgan fingerprint density at radius 2 is 1.76 bits per heavy atom. The molecule has 5 nitrogen and oxygen atoms in total. The standard InChI is InChI=1S/C26H19ClN2O3S/c27-18-12-10-17(11-13-18)14-20-15-28-26(33-20)29-25(30)24-22(16-31-19-6-2-1-3-7-19)21-8-4-5-9-23(21)32-24/h1-13,15H,14,16H2,(H,28,29,30). The van der Waals surface area contributed by atoms with Gasteiger partial charge < -0.3 is 9.15 Å². The lowest BCUT2D eigenvalue weighted by molar-refractivity contribution is 0.0995. The summed E-state index contributed by atoms with van der Waals surface area (Å²) in [6.45, 7) is 0.212. The lowest BCUT2D eigenvalue weighted by atomic mass is 10.1. The fourth-order valence-electron chi connectivity index (χ4n) is 3.50. The lowest BCUT2D eigenvalue weighted by Gasteiger charge is -2.07. The van der Waals surface area contributed by atoms with Crippen LogP contribution >= 0.6 is 22.9 Å². The van der Waals surface area contributed by atoms with Crippen molar-refractivity contribution >= 4 is 44.9 Å². The van der Waals surface area contributed by atoms with E-state index in [-0.39, 0.29) is 18.3 Å². The first-order chi connectivity index (χ1) is 16.2. The number of fused-ring (bicyclic) bond motifs is 1. The molecule has 5 rings (SSSR count). The number of rotatable bonds is 7. The minimum absolute atomic E-state index is 0.212. The minimum atomic E-state index is -0.356. The normalized spacial score (nSPS) is 10.9. The number of hydrogen-bond acceptors (Lipinski definition) is 5. The predicted octanol–water partition coefficient (Wildman–Crippen LogP) is 6.96. The molecule has 0 saturated carbocycles. The van der Waals surface area contributed by atoms with Gasteiger partial charge in [-0.05, 0) is 35.9 Å². The Labute approximate surface area is 199 Å². The van der Waals surface area contributed by atoms with Crippen molar-refractivity contribution in [3.8, 4) is 5.75 Å². The highest BCUT2D eigenvalue weighted by atomic mass is 35.5. The molecule has 1 N–H and O–H groups in total. The smallest absolute Gasteiger partial charge is 0.293 e. The number of aromatic nitrogens is 1. The fraction of sp³-hybridized carbons (Fsp3) is 0.0769. The van der Waals surface area contributed by atoms with Gasteiger partial charge in [0.05, 0.1) is 0 Å². The van der Waals surface area contributed by atoms with E-state index in [2.05, 4.69) is 10.3 Å². The predicted molar refractivity (Wildman–Crippen MR) is 131 cm³/mol. The van der Waals surface area contributed by atoms with E-state index in [9.17, 15) is 4.79 Å². The first-order valence-electron chi connectivity index (χ1n) is 10.3. The summed E-state index contributed by atoms with van der Waals surface area (Å²) in [6.07, 6.45) is 2.48. The first-order valence-corrected chi connectivity index (χ1v) is 11.5. The van der Waals surface area contributed by atoms with E-state index in [1.165, 1.54) is 11.3 Å². The van der Waals surface area contributed by atoms with E-state index in [0.717, 1.165) is 21.6 Å². The molecule has 0 saturated heterocycles. The fourth-order valence-corrected chi connectivity index (χ4v) is 4.47. The van der Waals surface area contributed by atoms with Gasteiger partial charge in [-0.1, -0.05) is 60.1 Å². The third-order valence-corrected chi connectivity index (χ3v) is 6.26. The van der Waals surface area contributed by atoms with Crippen molar-refractivity contribution in [3.63, 3.8) is 0 Å². The summed E-state index contributed by atoms with van der Waals surface area (Å²) in [4.78, 5) is 18.5. The average Bonchev–Trinajstić information content (AvgIpc) is 3.44. The van der Waals surface area contributed by atoms with Gasteiger partial charge in [-0.25, -0.2) is 4.98 Å². The molecule has 0 bridgehead atoms. The van der Waals surface area contributed by atoms with Crippen LogP contribution in [0.1, 0.15) is 26.6 Å². The van der Waals surface area contributed by atoms with Crippen LogP contribution in [0.25, 0.3) is 11.0 Å². The molecule has 0 atom stereocenters. The zero-order valence-electron chi connectivity index (χ0n) is 17.5. The van der Waals surface area contributed by atoms with Crippen molar-refractivity contribution in [2.24, 2.45) is 0 Å². The van der Waals surface area contributed by atoms with Gasteiger partial charge in [-0.2, -0.15) is 0 Å². The number of nitrogens with one attached hydrogen (secondary N) is 1. The summed E-state index contributed by atoms with van der Waals surface area (Å²) >= 11 is 7.39. The largest absolute Gasteiger partial charge is 0.489 e. The maximum atomic E-state index is 13.1. The molecule has 3 aromatic carbocycles. The van der Waals surface area contributed by atoms with Crippen LogP contribution < -0.4 is 10.1 Å². The molecule has 0 spiro atoms. The summed E-state index contributed by atoms with van der Waals surface area (Å²) < 4.78 is 11.8. The second-order valence-corrected chi connectivity index (χ2v) is 8.95. The molecule has 7 heteroatoms. The zero-order chi connectivity index (χ0) is 22.6. The van der Waals surface area contributed by atoms with Crippen molar-refractivity contribution < 1.29 is 13.9 Å². The van der Waals surface area contributed by atoms with Gasteiger partial charge >= 0.3 is 0 Å². The molecule has 164 valence electrons. The number of amides is 1. The van der Waals surface area contributed by atoms with Crippen LogP contribution in [0, 0.1) is 0 Å². The van der Waals surface area contributed by atoms with E-state index in [1.54, 1.807) is 6.20 Å². The third kappa shape index (κ3) is 4.92. The van der Waals surface area contributed by atoms with Gasteiger partial charge in [0.2, 0.25) is 0 Å². The molecule has 0 unspecified atom stereocenters. The number of furan rings is 1. The molecule has 0 fully saturated rings. The lowest BCUT2D eigenvalue weighted by Crippen LogP contribution is -2.13. The highest BCUT2D eigenvalue weighted by molar-refractivity contribution is 7.15. The highest BCUT2D eigenvalue weighted by Gasteiger charge is 2.22. The van der Waals surface area contributed by atoms with Crippen LogP contribution in [0.2, 0.25) is 5.02 Å². The Morgan fingerprint density at radius 1 is 1.00 bits per heavy atom. The number of para-hydroxylation sites is 2. The van der Waals surface area contributed by atoms with Gasteiger partial charge in [-0.3, -0.25) is 10.1 Å². The van der Waals surface area contributed by atoms with E-state index in [0.29, 0.717) is 27.7 Å². The molecule has 1 amide bonds. The molecule has 0 aliphatic carbocycles. The van der Waals surface area contributed by atoms with Gasteiger partial charge in [0.15, 0.2) is 10.9 Å². The van der Waals surface area contributed by atoms with Crippen LogP contribution in [0.3, 0.4) is 0 Å². The van der Waals surface area contributed by atoms with Crippen LogP contribution in [-0.2, 0) is 13.0 Å². The van der Waals surface area contributed by atoms with Crippen molar-refractivity contribution in [1.29, 1.82) is 0 Å². The molecule has 2 heterocycles. The van der Waals surface area contributed by atoms with Crippen LogP contribution in [0.4, 0.5) is 5.13 Å². The monoisotopic (exact) mass is 474 g/mol. The second-order valence-electron chi connectivity index (χ2n) is 7.40. The number of halogens is 1. The van der Waals surface area contributed by atoms with Gasteiger partial charge in [0, 0.05) is 33.5 Å². The molecule has 33 heavy (non-hydrogen) atoms. The molecular weight excluding hydrogens is 456 g/mol. The van der Waals surface area contributed by atoms with Gasteiger partial charge in [-0.15, -0.1) is 11.3 Å². The summed E-state index contributed by atoms with van der Waals surface area (Å²) in [5.74, 6) is 0.591. The molecule has 0 aliphatic heterocycles. The van der Waals surface area contributed by atoms with Crippen LogP contribution in [0.15, 0.2) is 89.5 Å². The number of hydrogen-bond donors (Lipinski definition) is 1. The number of thiazole rings is 1. The Hall–Kier alpha value is -3.61. The van der Waals surface area contributed by atoms with E-state index in [4.69, 9.17) is 20.8 Å². The Morgan fingerprint density at radius 3 is 2.58 bits per heavy atom. The van der Waals surface area contributed by atoms with E-state index >= 15 is 0 Å². The van der Waals surface area contributed by atoms with Crippen molar-refractivity contribution in [2.45, 2.75) is 13.0 Å². The molecule has 0 radical (unpaired) electrons. The Kier molecular flexibility index (Phi) is 6.11. The number of carbonyl (C=O) groups excluding carboxylic acids is 1. The molecule has 2 aromatic heterocycles. The number of carbonyl (C=O) groups is 1. The summed E-state index contributed by atoms with van der Waals surface area (Å²) in [5, 5.41) is 4.94. The van der Waals surface area contributed by atoms with E-state index in [1.807, 2.05) is 78.9 Å². The Bertz CT molecular complexity index is 1390. The average molecular weight is 475 g/mol. The summed E-state index contributed by atoms with van der Waals surface area (Å²) in [5.41, 5.74) is 2.46. The van der Waals surface area contributed by atoms with Crippen molar-refractivity contribution in [1.82, 2.24) is 4.98 Å². The number of nitrogens with zero attached hydrogens (tertiary/aromatic N) is 1. The SMILES string of the molecule is O=C(Nc1ncc(Cc2ccc(Cl)cc2)s1)c1oc2ccccc2c1COc1ccccc1. The number of benzene rings is 3. The highest BCUT2D eigenvalue weighted by Crippen LogP contribution is 2.29. The summed E-state index contributed by atoms with van der Waals surface area (Å²) in [6, 6.07) is 24.7. The quantitative estimate of drug-likeness (QED) is 0.277. The number of anilines is 1. The third-order valence-electron chi connectivity index (χ3n) is 5.10. The van der Waals surface area contributed by atoms with Gasteiger partial charge in [0.25, 0.3) is 5.91 Å².